The molecule has 0 aliphatic heterocycles. The lowest BCUT2D eigenvalue weighted by atomic mass is 10.0. The second-order valence-electron chi connectivity index (χ2n) is 3.49. The molecule has 4 nitrogen and oxygen atoms in total. The van der Waals surface area contributed by atoms with E-state index in [4.69, 9.17) is 4.74 Å². The molecule has 0 bridgehead atoms. The highest BCUT2D eigenvalue weighted by atomic mass is 32.2. The normalized spacial score (nSPS) is 34.8. The van der Waals surface area contributed by atoms with E-state index in [0.717, 1.165) is 12.7 Å². The van der Waals surface area contributed by atoms with Crippen LogP contribution in [0.25, 0.3) is 0 Å². The summed E-state index contributed by atoms with van der Waals surface area (Å²) >= 11 is 0. The summed E-state index contributed by atoms with van der Waals surface area (Å²) in [6.45, 7) is 0. The standard InChI is InChI=1S/C8H14O4S/c1-12-8(6-9)5-3-4-7(8)13(2,10)11/h6-7H,3-5H2,1-2H3. The van der Waals surface area contributed by atoms with E-state index in [-0.39, 0.29) is 0 Å². The fourth-order valence-corrected chi connectivity index (χ4v) is 3.55. The third-order valence-corrected chi connectivity index (χ3v) is 4.34. The molecule has 5 heteroatoms. The van der Waals surface area contributed by atoms with Crippen molar-refractivity contribution in [3.63, 3.8) is 0 Å². The Balaban J connectivity index is 3.04. The van der Waals surface area contributed by atoms with Crippen molar-refractivity contribution >= 4 is 16.1 Å². The van der Waals surface area contributed by atoms with E-state index in [2.05, 4.69) is 0 Å². The summed E-state index contributed by atoms with van der Waals surface area (Å²) in [5.41, 5.74) is -1.09. The predicted octanol–water partition coefficient (Wildman–Crippen LogP) is 0.168. The Morgan fingerprint density at radius 2 is 2.15 bits per heavy atom. The van der Waals surface area contributed by atoms with E-state index in [1.807, 2.05) is 0 Å². The second kappa shape index (κ2) is 3.38. The van der Waals surface area contributed by atoms with Crippen LogP contribution in [-0.4, -0.2) is 38.9 Å². The molecule has 0 saturated heterocycles. The van der Waals surface area contributed by atoms with Crippen molar-refractivity contribution in [2.75, 3.05) is 13.4 Å². The maximum atomic E-state index is 11.3. The van der Waals surface area contributed by atoms with Gasteiger partial charge in [0.25, 0.3) is 0 Å². The van der Waals surface area contributed by atoms with E-state index in [1.165, 1.54) is 7.11 Å². The number of ether oxygens (including phenoxy) is 1. The van der Waals surface area contributed by atoms with Gasteiger partial charge >= 0.3 is 0 Å². The van der Waals surface area contributed by atoms with Gasteiger partial charge in [0.2, 0.25) is 0 Å². The zero-order valence-corrected chi connectivity index (χ0v) is 8.63. The van der Waals surface area contributed by atoms with Crippen molar-refractivity contribution in [3.05, 3.63) is 0 Å². The van der Waals surface area contributed by atoms with Gasteiger partial charge in [-0.25, -0.2) is 8.42 Å². The van der Waals surface area contributed by atoms with Crippen LogP contribution < -0.4 is 0 Å². The molecule has 1 aliphatic rings. The van der Waals surface area contributed by atoms with Gasteiger partial charge in [-0.15, -0.1) is 0 Å². The van der Waals surface area contributed by atoms with Gasteiger partial charge in [-0.1, -0.05) is 0 Å². The minimum atomic E-state index is -3.19. The molecule has 1 saturated carbocycles. The molecule has 0 aromatic heterocycles. The lowest BCUT2D eigenvalue weighted by Gasteiger charge is -2.26. The summed E-state index contributed by atoms with van der Waals surface area (Å²) in [6, 6.07) is 0. The number of rotatable bonds is 3. The summed E-state index contributed by atoms with van der Waals surface area (Å²) in [5.74, 6) is 0. The number of hydrogen-bond acceptors (Lipinski definition) is 4. The molecular weight excluding hydrogens is 192 g/mol. The molecule has 0 aromatic rings. The van der Waals surface area contributed by atoms with E-state index >= 15 is 0 Å². The summed E-state index contributed by atoms with van der Waals surface area (Å²) in [4.78, 5) is 10.8. The molecule has 0 radical (unpaired) electrons. The van der Waals surface area contributed by atoms with Crippen LogP contribution in [-0.2, 0) is 19.4 Å². The van der Waals surface area contributed by atoms with Crippen molar-refractivity contribution in [3.8, 4) is 0 Å². The lowest BCUT2D eigenvalue weighted by Crippen LogP contribution is -2.45. The highest BCUT2D eigenvalue weighted by Gasteiger charge is 2.48. The summed E-state index contributed by atoms with van der Waals surface area (Å²) < 4.78 is 27.7. The van der Waals surface area contributed by atoms with Crippen LogP contribution in [0.5, 0.6) is 0 Å². The smallest absolute Gasteiger partial charge is 0.153 e. The first-order chi connectivity index (χ1) is 5.96. The summed E-state index contributed by atoms with van der Waals surface area (Å²) in [6.07, 6.45) is 3.53. The van der Waals surface area contributed by atoms with Crippen LogP contribution in [0, 0.1) is 0 Å². The number of aldehydes is 1. The molecule has 0 amide bonds. The van der Waals surface area contributed by atoms with Crippen LogP contribution >= 0.6 is 0 Å². The average molecular weight is 206 g/mol. The summed E-state index contributed by atoms with van der Waals surface area (Å²) in [5, 5.41) is -0.664. The van der Waals surface area contributed by atoms with Crippen LogP contribution in [0.1, 0.15) is 19.3 Å². The SMILES string of the molecule is COC1(C=O)CCCC1S(C)(=O)=O. The van der Waals surface area contributed by atoms with Crippen molar-refractivity contribution in [2.24, 2.45) is 0 Å². The lowest BCUT2D eigenvalue weighted by molar-refractivity contribution is -0.126. The highest BCUT2D eigenvalue weighted by Crippen LogP contribution is 2.35. The van der Waals surface area contributed by atoms with Gasteiger partial charge in [-0.05, 0) is 19.3 Å². The molecule has 2 atom stereocenters. The number of hydrogen-bond donors (Lipinski definition) is 0. The second-order valence-corrected chi connectivity index (χ2v) is 5.72. The molecule has 0 spiro atoms. The monoisotopic (exact) mass is 206 g/mol. The van der Waals surface area contributed by atoms with Gasteiger partial charge in [-0.2, -0.15) is 0 Å². The largest absolute Gasteiger partial charge is 0.369 e. The third kappa shape index (κ3) is 1.76. The number of carbonyl (C=O) groups excluding carboxylic acids is 1. The van der Waals surface area contributed by atoms with Crippen molar-refractivity contribution in [2.45, 2.75) is 30.1 Å². The van der Waals surface area contributed by atoms with E-state index in [9.17, 15) is 13.2 Å². The van der Waals surface area contributed by atoms with Gasteiger partial charge in [-0.3, -0.25) is 0 Å². The van der Waals surface area contributed by atoms with Crippen molar-refractivity contribution < 1.29 is 17.9 Å². The quantitative estimate of drug-likeness (QED) is 0.617. The predicted molar refractivity (Wildman–Crippen MR) is 48.3 cm³/mol. The Hall–Kier alpha value is -0.420. The minimum Gasteiger partial charge on any atom is -0.369 e. The van der Waals surface area contributed by atoms with Gasteiger partial charge in [0.15, 0.2) is 16.1 Å². The fraction of sp³-hybridized carbons (Fsp3) is 0.875. The minimum absolute atomic E-state index is 0.505. The van der Waals surface area contributed by atoms with Gasteiger partial charge in [0.1, 0.15) is 5.60 Å². The Morgan fingerprint density at radius 3 is 2.46 bits per heavy atom. The topological polar surface area (TPSA) is 60.4 Å². The Labute approximate surface area is 78.2 Å². The first-order valence-electron chi connectivity index (χ1n) is 4.16. The maximum absolute atomic E-state index is 11.3. The van der Waals surface area contributed by atoms with Crippen LogP contribution in [0.4, 0.5) is 0 Å². The molecule has 76 valence electrons. The molecular formula is C8H14O4S. The van der Waals surface area contributed by atoms with E-state index in [0.29, 0.717) is 19.1 Å². The first-order valence-corrected chi connectivity index (χ1v) is 6.12. The van der Waals surface area contributed by atoms with E-state index < -0.39 is 20.7 Å². The zero-order chi connectivity index (χ0) is 10.1. The fourth-order valence-electron chi connectivity index (χ4n) is 1.96. The molecule has 2 unspecified atom stereocenters. The zero-order valence-electron chi connectivity index (χ0n) is 7.82. The summed E-state index contributed by atoms with van der Waals surface area (Å²) in [7, 11) is -1.80. The highest BCUT2D eigenvalue weighted by molar-refractivity contribution is 7.91. The molecule has 1 fully saturated rings. The molecule has 1 rings (SSSR count). The number of carbonyl (C=O) groups is 1. The molecule has 1 aliphatic carbocycles. The van der Waals surface area contributed by atoms with Crippen LogP contribution in [0.15, 0.2) is 0 Å². The first kappa shape index (κ1) is 10.7. The Kier molecular flexibility index (Phi) is 2.77. The van der Waals surface area contributed by atoms with Crippen LogP contribution in [0.3, 0.4) is 0 Å². The molecule has 13 heavy (non-hydrogen) atoms. The Bertz CT molecular complexity index is 295. The van der Waals surface area contributed by atoms with Crippen molar-refractivity contribution in [1.29, 1.82) is 0 Å². The van der Waals surface area contributed by atoms with Gasteiger partial charge in [0, 0.05) is 13.4 Å². The number of methoxy groups -OCH3 is 1. The van der Waals surface area contributed by atoms with E-state index in [1.54, 1.807) is 0 Å². The maximum Gasteiger partial charge on any atom is 0.153 e. The number of sulfone groups is 1. The van der Waals surface area contributed by atoms with Crippen LogP contribution in [0.2, 0.25) is 0 Å². The molecule has 0 heterocycles. The molecule has 0 N–H and O–H groups in total. The van der Waals surface area contributed by atoms with Gasteiger partial charge in [0.05, 0.1) is 5.25 Å². The Morgan fingerprint density at radius 1 is 1.54 bits per heavy atom. The van der Waals surface area contributed by atoms with Gasteiger partial charge < -0.3 is 9.53 Å². The third-order valence-electron chi connectivity index (χ3n) is 2.68. The van der Waals surface area contributed by atoms with Crippen molar-refractivity contribution in [1.82, 2.24) is 0 Å². The average Bonchev–Trinajstić information content (AvgIpc) is 2.47. The molecule has 0 aromatic carbocycles.